The number of benzene rings is 2. The molecule has 0 atom stereocenters. The maximum Gasteiger partial charge on any atom is 0.131 e. The van der Waals surface area contributed by atoms with E-state index in [-0.39, 0.29) is 0 Å². The highest BCUT2D eigenvalue weighted by Gasteiger charge is 2.17. The fourth-order valence-corrected chi connectivity index (χ4v) is 2.39. The Labute approximate surface area is 106 Å². The van der Waals surface area contributed by atoms with Crippen LogP contribution in [0.25, 0.3) is 11.1 Å². The summed E-state index contributed by atoms with van der Waals surface area (Å²) in [7, 11) is 0. The summed E-state index contributed by atoms with van der Waals surface area (Å²) in [4.78, 5) is 1.99. The van der Waals surface area contributed by atoms with Crippen LogP contribution in [0.3, 0.4) is 0 Å². The lowest BCUT2D eigenvalue weighted by Gasteiger charge is -2.07. The zero-order valence-corrected chi connectivity index (χ0v) is 9.95. The van der Waals surface area contributed by atoms with E-state index in [0.717, 1.165) is 13.1 Å². The van der Waals surface area contributed by atoms with E-state index >= 15 is 0 Å². The molecule has 0 spiro atoms. The van der Waals surface area contributed by atoms with Gasteiger partial charge in [0.15, 0.2) is 0 Å². The number of hydrogen-bond donors (Lipinski definition) is 1. The first-order chi connectivity index (χ1) is 8.86. The zero-order chi connectivity index (χ0) is 12.4. The number of oxime groups is 1. The average Bonchev–Trinajstić information content (AvgIpc) is 2.81. The van der Waals surface area contributed by atoms with Gasteiger partial charge in [0.05, 0.1) is 0 Å². The summed E-state index contributed by atoms with van der Waals surface area (Å²) in [5, 5.41) is 11.6. The normalized spacial score (nSPS) is 14.1. The molecule has 1 aliphatic heterocycles. The molecule has 3 rings (SSSR count). The largest absolute Gasteiger partial charge is 0.410 e. The second-order valence-corrected chi connectivity index (χ2v) is 4.49. The minimum atomic E-state index is 0.806. The Morgan fingerprint density at radius 2 is 1.72 bits per heavy atom. The number of fused-ring (bicyclic) bond motifs is 1. The van der Waals surface area contributed by atoms with Gasteiger partial charge in [-0.15, -0.1) is 0 Å². The fourth-order valence-electron chi connectivity index (χ4n) is 2.39. The van der Waals surface area contributed by atoms with E-state index in [2.05, 4.69) is 35.5 Å². The zero-order valence-electron chi connectivity index (χ0n) is 9.95. The molecule has 90 valence electrons. The molecule has 0 saturated heterocycles. The highest BCUT2D eigenvalue weighted by molar-refractivity contribution is 5.66. The van der Waals surface area contributed by atoms with E-state index in [4.69, 9.17) is 5.21 Å². The third kappa shape index (κ3) is 1.95. The molecule has 0 aromatic heterocycles. The quantitative estimate of drug-likeness (QED) is 0.378. The molecule has 0 bridgehead atoms. The number of hydrogen-bond acceptors (Lipinski definition) is 2. The first kappa shape index (κ1) is 10.8. The van der Waals surface area contributed by atoms with Gasteiger partial charge in [-0.2, -0.15) is 0 Å². The summed E-state index contributed by atoms with van der Waals surface area (Å²) in [6.45, 7) is 1.62. The maximum absolute atomic E-state index is 8.57. The Balaban J connectivity index is 1.93. The van der Waals surface area contributed by atoms with Crippen molar-refractivity contribution in [1.29, 1.82) is 0 Å². The van der Waals surface area contributed by atoms with Crippen molar-refractivity contribution in [1.82, 2.24) is 4.90 Å². The average molecular weight is 238 g/mol. The van der Waals surface area contributed by atoms with Crippen molar-refractivity contribution in [3.05, 3.63) is 59.7 Å². The first-order valence-corrected chi connectivity index (χ1v) is 5.95. The molecule has 1 aliphatic rings. The van der Waals surface area contributed by atoms with Gasteiger partial charge in [-0.25, -0.2) is 0 Å². The molecule has 0 saturated carbocycles. The van der Waals surface area contributed by atoms with Crippen LogP contribution in [0, 0.1) is 0 Å². The van der Waals surface area contributed by atoms with Crippen LogP contribution in [-0.4, -0.2) is 16.4 Å². The predicted molar refractivity (Wildman–Crippen MR) is 71.4 cm³/mol. The summed E-state index contributed by atoms with van der Waals surface area (Å²) in [5.74, 6) is 0. The lowest BCUT2D eigenvalue weighted by atomic mass is 10.0. The van der Waals surface area contributed by atoms with Crippen molar-refractivity contribution in [3.63, 3.8) is 0 Å². The summed E-state index contributed by atoms with van der Waals surface area (Å²) >= 11 is 0. The van der Waals surface area contributed by atoms with Gasteiger partial charge in [-0.3, -0.25) is 0 Å². The smallest absolute Gasteiger partial charge is 0.131 e. The molecule has 3 nitrogen and oxygen atoms in total. The summed E-state index contributed by atoms with van der Waals surface area (Å²) in [6, 6.07) is 16.9. The van der Waals surface area contributed by atoms with E-state index in [9.17, 15) is 0 Å². The topological polar surface area (TPSA) is 35.8 Å². The van der Waals surface area contributed by atoms with Crippen molar-refractivity contribution in [2.24, 2.45) is 5.16 Å². The molecule has 18 heavy (non-hydrogen) atoms. The van der Waals surface area contributed by atoms with Gasteiger partial charge >= 0.3 is 0 Å². The summed E-state index contributed by atoms with van der Waals surface area (Å²) in [5.41, 5.74) is 5.07. The Morgan fingerprint density at radius 1 is 0.944 bits per heavy atom. The van der Waals surface area contributed by atoms with Gasteiger partial charge in [0.1, 0.15) is 6.34 Å². The molecule has 0 fully saturated rings. The van der Waals surface area contributed by atoms with E-state index in [1.807, 2.05) is 23.1 Å². The molecule has 1 heterocycles. The Morgan fingerprint density at radius 3 is 2.50 bits per heavy atom. The number of nitrogens with zero attached hydrogens (tertiary/aromatic N) is 2. The molecule has 3 heteroatoms. The maximum atomic E-state index is 8.57. The first-order valence-electron chi connectivity index (χ1n) is 5.95. The number of rotatable bonds is 2. The molecule has 2 aromatic rings. The van der Waals surface area contributed by atoms with Crippen molar-refractivity contribution >= 4 is 6.34 Å². The minimum Gasteiger partial charge on any atom is -0.410 e. The van der Waals surface area contributed by atoms with Crippen LogP contribution in [0.15, 0.2) is 53.7 Å². The molecule has 0 radical (unpaired) electrons. The van der Waals surface area contributed by atoms with Crippen LogP contribution in [0.5, 0.6) is 0 Å². The molecule has 1 N–H and O–H groups in total. The molecule has 0 amide bonds. The Hall–Kier alpha value is -2.29. The van der Waals surface area contributed by atoms with Crippen LogP contribution in [0.4, 0.5) is 0 Å². The summed E-state index contributed by atoms with van der Waals surface area (Å²) in [6.07, 6.45) is 1.47. The van der Waals surface area contributed by atoms with Gasteiger partial charge in [0.25, 0.3) is 0 Å². The van der Waals surface area contributed by atoms with E-state index in [0.29, 0.717) is 0 Å². The van der Waals surface area contributed by atoms with E-state index in [1.165, 1.54) is 28.6 Å². The van der Waals surface area contributed by atoms with Gasteiger partial charge < -0.3 is 10.1 Å². The third-order valence-electron chi connectivity index (χ3n) is 3.28. The van der Waals surface area contributed by atoms with Crippen LogP contribution < -0.4 is 0 Å². The minimum absolute atomic E-state index is 0.806. The van der Waals surface area contributed by atoms with Gasteiger partial charge in [-0.05, 0) is 28.3 Å². The Kier molecular flexibility index (Phi) is 2.73. The molecular weight excluding hydrogens is 224 g/mol. The van der Waals surface area contributed by atoms with Crippen LogP contribution in [0.2, 0.25) is 0 Å². The highest BCUT2D eigenvalue weighted by atomic mass is 16.4. The van der Waals surface area contributed by atoms with Gasteiger partial charge in [0, 0.05) is 13.1 Å². The van der Waals surface area contributed by atoms with Crippen molar-refractivity contribution in [3.8, 4) is 11.1 Å². The van der Waals surface area contributed by atoms with Crippen molar-refractivity contribution in [2.45, 2.75) is 13.1 Å². The standard InChI is InChI=1S/C15H14N2O/c18-16-11-17-9-14-7-6-13(8-15(14)10-17)12-4-2-1-3-5-12/h1-8,11,18H,9-10H2. The van der Waals surface area contributed by atoms with Crippen molar-refractivity contribution < 1.29 is 5.21 Å². The molecule has 0 unspecified atom stereocenters. The van der Waals surface area contributed by atoms with Crippen LogP contribution in [-0.2, 0) is 13.1 Å². The van der Waals surface area contributed by atoms with Gasteiger partial charge in [0.2, 0.25) is 0 Å². The highest BCUT2D eigenvalue weighted by Crippen LogP contribution is 2.27. The lowest BCUT2D eigenvalue weighted by Crippen LogP contribution is -2.13. The molecular formula is C15H14N2O. The second kappa shape index (κ2) is 4.53. The predicted octanol–water partition coefficient (Wildman–Crippen LogP) is 3.09. The van der Waals surface area contributed by atoms with Gasteiger partial charge in [-0.1, -0.05) is 47.6 Å². The SMILES string of the molecule is ON=CN1Cc2ccc(-c3ccccc3)cc2C1. The van der Waals surface area contributed by atoms with Crippen LogP contribution >= 0.6 is 0 Å². The van der Waals surface area contributed by atoms with E-state index < -0.39 is 0 Å². The molecule has 0 aliphatic carbocycles. The van der Waals surface area contributed by atoms with E-state index in [1.54, 1.807) is 0 Å². The fraction of sp³-hybridized carbons (Fsp3) is 0.133. The monoisotopic (exact) mass is 238 g/mol. The second-order valence-electron chi connectivity index (χ2n) is 4.49. The van der Waals surface area contributed by atoms with Crippen LogP contribution in [0.1, 0.15) is 11.1 Å². The summed E-state index contributed by atoms with van der Waals surface area (Å²) < 4.78 is 0. The Bertz CT molecular complexity index is 578. The third-order valence-corrected chi connectivity index (χ3v) is 3.28. The molecule has 2 aromatic carbocycles. The lowest BCUT2D eigenvalue weighted by molar-refractivity contribution is 0.307. The van der Waals surface area contributed by atoms with Crippen molar-refractivity contribution in [2.75, 3.05) is 0 Å².